The van der Waals surface area contributed by atoms with E-state index in [1.807, 2.05) is 18.2 Å². The number of aryl methyl sites for hydroxylation is 1. The molecule has 2 aromatic carbocycles. The predicted octanol–water partition coefficient (Wildman–Crippen LogP) is 4.53. The fraction of sp³-hybridized carbons (Fsp3) is 0.316. The highest BCUT2D eigenvalue weighted by Gasteiger charge is 2.20. The lowest BCUT2D eigenvalue weighted by Crippen LogP contribution is -2.25. The Labute approximate surface area is 156 Å². The zero-order chi connectivity index (χ0) is 17.8. The third-order valence-electron chi connectivity index (χ3n) is 4.21. The molecule has 0 heterocycles. The maximum Gasteiger partial charge on any atom is 0.329 e. The minimum absolute atomic E-state index is 0.0411. The van der Waals surface area contributed by atoms with Gasteiger partial charge in [0.25, 0.3) is 0 Å². The topological polar surface area (TPSA) is 55.8 Å². The summed E-state index contributed by atoms with van der Waals surface area (Å²) in [6.45, 7) is 0.101. The SMILES string of the molecule is O=C(O)COC1CCc2cc(OCc3cc(Cl)ccc3Cl)ccc2C1. The van der Waals surface area contributed by atoms with Crippen LogP contribution in [0.15, 0.2) is 36.4 Å². The van der Waals surface area contributed by atoms with Crippen LogP contribution in [0.25, 0.3) is 0 Å². The van der Waals surface area contributed by atoms with Gasteiger partial charge in [-0.25, -0.2) is 4.79 Å². The second-order valence-electron chi connectivity index (χ2n) is 6.02. The highest BCUT2D eigenvalue weighted by Crippen LogP contribution is 2.28. The van der Waals surface area contributed by atoms with E-state index in [1.165, 1.54) is 11.1 Å². The average molecular weight is 381 g/mol. The second kappa shape index (κ2) is 8.09. The van der Waals surface area contributed by atoms with Crippen LogP contribution in [0.5, 0.6) is 5.75 Å². The van der Waals surface area contributed by atoms with Crippen LogP contribution in [0.4, 0.5) is 0 Å². The van der Waals surface area contributed by atoms with E-state index in [0.717, 1.165) is 30.6 Å². The van der Waals surface area contributed by atoms with Gasteiger partial charge in [-0.1, -0.05) is 29.3 Å². The number of halogens is 2. The van der Waals surface area contributed by atoms with Crippen LogP contribution >= 0.6 is 23.2 Å². The fourth-order valence-electron chi connectivity index (χ4n) is 2.93. The Bertz CT molecular complexity index is 776. The van der Waals surface area contributed by atoms with Crippen molar-refractivity contribution >= 4 is 29.2 Å². The lowest BCUT2D eigenvalue weighted by molar-refractivity contribution is -0.144. The zero-order valence-corrected chi connectivity index (χ0v) is 15.0. The van der Waals surface area contributed by atoms with Gasteiger partial charge in [0, 0.05) is 15.6 Å². The van der Waals surface area contributed by atoms with Crippen molar-refractivity contribution in [3.05, 3.63) is 63.1 Å². The Morgan fingerprint density at radius 3 is 2.80 bits per heavy atom. The molecule has 0 aromatic heterocycles. The Hall–Kier alpha value is -1.75. The third kappa shape index (κ3) is 4.88. The minimum atomic E-state index is -0.936. The van der Waals surface area contributed by atoms with Crippen LogP contribution in [-0.2, 0) is 29.0 Å². The van der Waals surface area contributed by atoms with E-state index in [9.17, 15) is 4.79 Å². The molecular weight excluding hydrogens is 363 g/mol. The lowest BCUT2D eigenvalue weighted by Gasteiger charge is -2.24. The van der Waals surface area contributed by atoms with Crippen LogP contribution in [0, 0.1) is 0 Å². The van der Waals surface area contributed by atoms with Crippen LogP contribution in [-0.4, -0.2) is 23.8 Å². The van der Waals surface area contributed by atoms with Gasteiger partial charge in [-0.2, -0.15) is 0 Å². The number of rotatable bonds is 6. The molecule has 4 nitrogen and oxygen atoms in total. The predicted molar refractivity (Wildman–Crippen MR) is 96.6 cm³/mol. The summed E-state index contributed by atoms with van der Waals surface area (Å²) in [7, 11) is 0. The van der Waals surface area contributed by atoms with Crippen molar-refractivity contribution in [2.75, 3.05) is 6.61 Å². The summed E-state index contributed by atoms with van der Waals surface area (Å²) in [6, 6.07) is 11.3. The molecule has 0 bridgehead atoms. The molecule has 0 amide bonds. The van der Waals surface area contributed by atoms with Crippen molar-refractivity contribution in [1.29, 1.82) is 0 Å². The van der Waals surface area contributed by atoms with Crippen molar-refractivity contribution in [3.63, 3.8) is 0 Å². The smallest absolute Gasteiger partial charge is 0.329 e. The quantitative estimate of drug-likeness (QED) is 0.799. The van der Waals surface area contributed by atoms with Gasteiger partial charge in [0.1, 0.15) is 19.0 Å². The van der Waals surface area contributed by atoms with Crippen molar-refractivity contribution in [1.82, 2.24) is 0 Å². The third-order valence-corrected chi connectivity index (χ3v) is 4.81. The summed E-state index contributed by atoms with van der Waals surface area (Å²) in [5, 5.41) is 9.96. The maximum absolute atomic E-state index is 10.6. The highest BCUT2D eigenvalue weighted by molar-refractivity contribution is 6.33. The fourth-order valence-corrected chi connectivity index (χ4v) is 3.30. The van der Waals surface area contributed by atoms with Gasteiger partial charge >= 0.3 is 5.97 Å². The van der Waals surface area contributed by atoms with Crippen molar-refractivity contribution in [3.8, 4) is 5.75 Å². The van der Waals surface area contributed by atoms with Gasteiger partial charge in [0.15, 0.2) is 0 Å². The van der Waals surface area contributed by atoms with Crippen LogP contribution in [0.3, 0.4) is 0 Å². The molecule has 2 aromatic rings. The molecule has 1 atom stereocenters. The zero-order valence-electron chi connectivity index (χ0n) is 13.5. The van der Waals surface area contributed by atoms with Gasteiger partial charge < -0.3 is 14.6 Å². The first kappa shape index (κ1) is 18.1. The van der Waals surface area contributed by atoms with Crippen LogP contribution < -0.4 is 4.74 Å². The van der Waals surface area contributed by atoms with Gasteiger partial charge in [0.2, 0.25) is 0 Å². The molecule has 0 fully saturated rings. The van der Waals surface area contributed by atoms with Crippen LogP contribution in [0.1, 0.15) is 23.1 Å². The Morgan fingerprint density at radius 2 is 2.00 bits per heavy atom. The number of fused-ring (bicyclic) bond motifs is 1. The first-order valence-corrected chi connectivity index (χ1v) is 8.79. The monoisotopic (exact) mass is 380 g/mol. The molecule has 25 heavy (non-hydrogen) atoms. The summed E-state index contributed by atoms with van der Waals surface area (Å²) in [4.78, 5) is 10.6. The largest absolute Gasteiger partial charge is 0.489 e. The number of carboxylic acid groups (broad SMARTS) is 1. The molecule has 0 radical (unpaired) electrons. The molecule has 0 aliphatic heterocycles. The normalized spacial score (nSPS) is 16.3. The van der Waals surface area contributed by atoms with E-state index in [1.54, 1.807) is 18.2 Å². The van der Waals surface area contributed by atoms with Gasteiger partial charge in [-0.05, 0) is 60.7 Å². The Balaban J connectivity index is 1.62. The van der Waals surface area contributed by atoms with Gasteiger partial charge in [-0.15, -0.1) is 0 Å². The number of hydrogen-bond acceptors (Lipinski definition) is 3. The molecule has 1 aliphatic carbocycles. The van der Waals surface area contributed by atoms with Crippen LogP contribution in [0.2, 0.25) is 10.0 Å². The summed E-state index contributed by atoms with van der Waals surface area (Å²) >= 11 is 12.1. The van der Waals surface area contributed by atoms with E-state index >= 15 is 0 Å². The Morgan fingerprint density at radius 1 is 1.16 bits per heavy atom. The molecule has 132 valence electrons. The summed E-state index contributed by atoms with van der Waals surface area (Å²) < 4.78 is 11.3. The van der Waals surface area contributed by atoms with Gasteiger partial charge in [0.05, 0.1) is 6.10 Å². The summed E-state index contributed by atoms with van der Waals surface area (Å²) in [6.07, 6.45) is 2.34. The molecule has 0 saturated carbocycles. The van der Waals surface area contributed by atoms with Crippen molar-refractivity contribution < 1.29 is 19.4 Å². The Kier molecular flexibility index (Phi) is 5.84. The number of aliphatic carboxylic acids is 1. The number of ether oxygens (including phenoxy) is 2. The van der Waals surface area contributed by atoms with E-state index in [2.05, 4.69) is 0 Å². The van der Waals surface area contributed by atoms with Gasteiger partial charge in [-0.3, -0.25) is 0 Å². The first-order chi connectivity index (χ1) is 12.0. The van der Waals surface area contributed by atoms with Crippen molar-refractivity contribution in [2.24, 2.45) is 0 Å². The molecule has 1 N–H and O–H groups in total. The first-order valence-electron chi connectivity index (χ1n) is 8.03. The molecule has 0 spiro atoms. The number of carboxylic acids is 1. The second-order valence-corrected chi connectivity index (χ2v) is 6.87. The van der Waals surface area contributed by atoms with E-state index < -0.39 is 5.97 Å². The molecule has 1 aliphatic rings. The standard InChI is InChI=1S/C19H18Cl2O4/c20-15-3-6-18(21)14(7-15)10-24-16-4-1-13-9-17(25-11-19(22)23)5-2-12(13)8-16/h1,3-4,6-8,17H,2,5,9-11H2,(H,22,23). The highest BCUT2D eigenvalue weighted by atomic mass is 35.5. The van der Waals surface area contributed by atoms with E-state index in [4.69, 9.17) is 37.8 Å². The molecule has 1 unspecified atom stereocenters. The van der Waals surface area contributed by atoms with Crippen molar-refractivity contribution in [2.45, 2.75) is 32.0 Å². The number of benzene rings is 2. The molecule has 6 heteroatoms. The summed E-state index contributed by atoms with van der Waals surface area (Å²) in [5.74, 6) is -0.158. The number of hydrogen-bond donors (Lipinski definition) is 1. The van der Waals surface area contributed by atoms with E-state index in [0.29, 0.717) is 16.7 Å². The average Bonchev–Trinajstić information content (AvgIpc) is 2.60. The van der Waals surface area contributed by atoms with E-state index in [-0.39, 0.29) is 12.7 Å². The maximum atomic E-state index is 10.6. The molecule has 0 saturated heterocycles. The molecule has 3 rings (SSSR count). The summed E-state index contributed by atoms with van der Waals surface area (Å²) in [5.41, 5.74) is 3.23. The lowest BCUT2D eigenvalue weighted by atomic mass is 9.89. The molecular formula is C19H18Cl2O4. The minimum Gasteiger partial charge on any atom is -0.489 e. The number of carbonyl (C=O) groups is 1.